The molecule has 5 heteroatoms. The lowest BCUT2D eigenvalue weighted by molar-refractivity contribution is 0.574. The van der Waals surface area contributed by atoms with Crippen LogP contribution in [0.5, 0.6) is 0 Å². The van der Waals surface area contributed by atoms with Gasteiger partial charge < -0.3 is 10.6 Å². The molecule has 4 nitrogen and oxygen atoms in total. The van der Waals surface area contributed by atoms with Crippen molar-refractivity contribution in [2.45, 2.75) is 46.1 Å². The fraction of sp³-hybridized carbons (Fsp3) is 0.600. The van der Waals surface area contributed by atoms with Gasteiger partial charge >= 0.3 is 0 Å². The van der Waals surface area contributed by atoms with Crippen molar-refractivity contribution in [3.8, 4) is 0 Å². The lowest BCUT2D eigenvalue weighted by Crippen LogP contribution is -2.24. The van der Waals surface area contributed by atoms with Gasteiger partial charge in [-0.1, -0.05) is 0 Å². The molecule has 3 heterocycles. The number of hydrogen-bond acceptors (Lipinski definition) is 5. The van der Waals surface area contributed by atoms with Crippen LogP contribution in [0.4, 0.5) is 5.82 Å². The molecule has 0 spiro atoms. The number of fused-ring (bicyclic) bond motifs is 1. The van der Waals surface area contributed by atoms with E-state index in [0.717, 1.165) is 29.4 Å². The summed E-state index contributed by atoms with van der Waals surface area (Å²) in [6, 6.07) is 0.672. The summed E-state index contributed by atoms with van der Waals surface area (Å²) in [6.07, 6.45) is 3.77. The molecular weight excluding hydrogens is 268 g/mol. The Labute approximate surface area is 124 Å². The molecule has 0 radical (unpaired) electrons. The highest BCUT2D eigenvalue weighted by Gasteiger charge is 2.15. The number of nitrogens with one attached hydrogen (secondary N) is 2. The van der Waals surface area contributed by atoms with E-state index in [9.17, 15) is 0 Å². The van der Waals surface area contributed by atoms with Crippen LogP contribution in [-0.4, -0.2) is 29.1 Å². The molecule has 20 heavy (non-hydrogen) atoms. The van der Waals surface area contributed by atoms with Crippen LogP contribution in [0, 0.1) is 20.8 Å². The van der Waals surface area contributed by atoms with Gasteiger partial charge in [0.15, 0.2) is 0 Å². The number of nitrogens with zero attached hydrogens (tertiary/aromatic N) is 2. The normalized spacial score (nSPS) is 18.9. The second-order valence-corrected chi connectivity index (χ2v) is 6.79. The number of rotatable bonds is 4. The first kappa shape index (κ1) is 13.8. The summed E-state index contributed by atoms with van der Waals surface area (Å²) in [5.41, 5.74) is 1.31. The molecule has 0 saturated carbocycles. The molecule has 0 aromatic carbocycles. The van der Waals surface area contributed by atoms with E-state index in [1.807, 2.05) is 6.92 Å². The minimum atomic E-state index is 0.672. The summed E-state index contributed by atoms with van der Waals surface area (Å²) >= 11 is 1.76. The van der Waals surface area contributed by atoms with E-state index in [0.29, 0.717) is 6.04 Å². The largest absolute Gasteiger partial charge is 0.369 e. The Morgan fingerprint density at radius 2 is 2.15 bits per heavy atom. The Morgan fingerprint density at radius 3 is 2.90 bits per heavy atom. The van der Waals surface area contributed by atoms with Gasteiger partial charge in [0.2, 0.25) is 0 Å². The Hall–Kier alpha value is -1.20. The van der Waals surface area contributed by atoms with E-state index in [1.165, 1.54) is 35.2 Å². The zero-order valence-corrected chi connectivity index (χ0v) is 13.2. The fourth-order valence-corrected chi connectivity index (χ4v) is 3.93. The van der Waals surface area contributed by atoms with Gasteiger partial charge in [-0.3, -0.25) is 0 Å². The van der Waals surface area contributed by atoms with Gasteiger partial charge in [-0.25, -0.2) is 9.97 Å². The highest BCUT2D eigenvalue weighted by atomic mass is 32.1. The Kier molecular flexibility index (Phi) is 3.89. The van der Waals surface area contributed by atoms with Crippen molar-refractivity contribution in [2.24, 2.45) is 0 Å². The zero-order valence-electron chi connectivity index (χ0n) is 12.4. The molecule has 108 valence electrons. The lowest BCUT2D eigenvalue weighted by atomic mass is 10.1. The molecule has 1 atom stereocenters. The quantitative estimate of drug-likeness (QED) is 0.908. The molecule has 1 aliphatic rings. The third kappa shape index (κ3) is 2.65. The standard InChI is InChI=1S/C15H22N4S/c1-9-10(2)20-15-13(9)14(18-11(3)19-15)17-8-6-12-5-4-7-16-12/h12,16H,4-8H2,1-3H3,(H,17,18,19)/t12-/m1/s1. The predicted molar refractivity (Wildman–Crippen MR) is 85.8 cm³/mol. The Bertz CT molecular complexity index is 614. The summed E-state index contributed by atoms with van der Waals surface area (Å²) in [6.45, 7) is 8.43. The summed E-state index contributed by atoms with van der Waals surface area (Å²) in [7, 11) is 0. The van der Waals surface area contributed by atoms with Gasteiger partial charge in [0.1, 0.15) is 16.5 Å². The topological polar surface area (TPSA) is 49.8 Å². The minimum Gasteiger partial charge on any atom is -0.369 e. The van der Waals surface area contributed by atoms with Gasteiger partial charge in [-0.2, -0.15) is 0 Å². The summed E-state index contributed by atoms with van der Waals surface area (Å²) < 4.78 is 0. The number of aromatic nitrogens is 2. The van der Waals surface area contributed by atoms with Crippen LogP contribution in [0.2, 0.25) is 0 Å². The molecule has 0 aliphatic carbocycles. The van der Waals surface area contributed by atoms with Crippen molar-refractivity contribution >= 4 is 27.4 Å². The van der Waals surface area contributed by atoms with Crippen LogP contribution < -0.4 is 10.6 Å². The van der Waals surface area contributed by atoms with Crippen LogP contribution in [0.3, 0.4) is 0 Å². The highest BCUT2D eigenvalue weighted by Crippen LogP contribution is 2.33. The van der Waals surface area contributed by atoms with E-state index in [-0.39, 0.29) is 0 Å². The van der Waals surface area contributed by atoms with Crippen molar-refractivity contribution in [3.63, 3.8) is 0 Å². The summed E-state index contributed by atoms with van der Waals surface area (Å²) in [4.78, 5) is 11.6. The molecule has 1 aliphatic heterocycles. The SMILES string of the molecule is Cc1nc(NCC[C@H]2CCCN2)c2c(C)c(C)sc2n1. The maximum Gasteiger partial charge on any atom is 0.138 e. The number of anilines is 1. The second-order valence-electron chi connectivity index (χ2n) is 5.59. The van der Waals surface area contributed by atoms with Gasteiger partial charge in [0.25, 0.3) is 0 Å². The van der Waals surface area contributed by atoms with Crippen molar-refractivity contribution in [1.29, 1.82) is 0 Å². The summed E-state index contributed by atoms with van der Waals surface area (Å²) in [5, 5.41) is 8.27. The molecule has 0 amide bonds. The number of aryl methyl sites for hydroxylation is 3. The van der Waals surface area contributed by atoms with Crippen molar-refractivity contribution in [2.75, 3.05) is 18.4 Å². The minimum absolute atomic E-state index is 0.672. The first-order chi connectivity index (χ1) is 9.65. The van der Waals surface area contributed by atoms with Gasteiger partial charge in [-0.05, 0) is 52.1 Å². The molecule has 0 bridgehead atoms. The first-order valence-corrected chi connectivity index (χ1v) is 8.18. The van der Waals surface area contributed by atoms with E-state index in [2.05, 4.69) is 34.4 Å². The predicted octanol–water partition coefficient (Wildman–Crippen LogP) is 3.17. The maximum absolute atomic E-state index is 4.60. The van der Waals surface area contributed by atoms with Crippen molar-refractivity contribution in [1.82, 2.24) is 15.3 Å². The smallest absolute Gasteiger partial charge is 0.138 e. The van der Waals surface area contributed by atoms with E-state index in [4.69, 9.17) is 0 Å². The summed E-state index contributed by atoms with van der Waals surface area (Å²) in [5.74, 6) is 1.85. The average Bonchev–Trinajstić information content (AvgIpc) is 2.99. The monoisotopic (exact) mass is 290 g/mol. The fourth-order valence-electron chi connectivity index (χ4n) is 2.85. The second kappa shape index (κ2) is 5.66. The van der Waals surface area contributed by atoms with Gasteiger partial charge in [-0.15, -0.1) is 11.3 Å². The Balaban J connectivity index is 1.79. The molecule has 1 fully saturated rings. The van der Waals surface area contributed by atoms with E-state index < -0.39 is 0 Å². The third-order valence-electron chi connectivity index (χ3n) is 4.09. The molecule has 2 N–H and O–H groups in total. The molecule has 0 unspecified atom stereocenters. The molecule has 2 aromatic heterocycles. The third-order valence-corrected chi connectivity index (χ3v) is 5.19. The van der Waals surface area contributed by atoms with E-state index >= 15 is 0 Å². The first-order valence-electron chi connectivity index (χ1n) is 7.36. The number of thiophene rings is 1. The van der Waals surface area contributed by atoms with E-state index in [1.54, 1.807) is 11.3 Å². The maximum atomic E-state index is 4.60. The van der Waals surface area contributed by atoms with Gasteiger partial charge in [0, 0.05) is 17.5 Å². The van der Waals surface area contributed by atoms with Crippen LogP contribution >= 0.6 is 11.3 Å². The van der Waals surface area contributed by atoms with Gasteiger partial charge in [0.05, 0.1) is 5.39 Å². The highest BCUT2D eigenvalue weighted by molar-refractivity contribution is 7.18. The van der Waals surface area contributed by atoms with Crippen LogP contribution in [-0.2, 0) is 0 Å². The molecule has 1 saturated heterocycles. The molecule has 2 aromatic rings. The number of hydrogen-bond donors (Lipinski definition) is 2. The zero-order chi connectivity index (χ0) is 14.1. The lowest BCUT2D eigenvalue weighted by Gasteiger charge is -2.12. The molecular formula is C15H22N4S. The average molecular weight is 290 g/mol. The molecule has 3 rings (SSSR count). The van der Waals surface area contributed by atoms with Crippen molar-refractivity contribution in [3.05, 3.63) is 16.3 Å². The van der Waals surface area contributed by atoms with Crippen LogP contribution in [0.15, 0.2) is 0 Å². The van der Waals surface area contributed by atoms with Crippen LogP contribution in [0.25, 0.3) is 10.2 Å². The van der Waals surface area contributed by atoms with Crippen LogP contribution in [0.1, 0.15) is 35.5 Å². The van der Waals surface area contributed by atoms with Crippen molar-refractivity contribution < 1.29 is 0 Å². The Morgan fingerprint density at radius 1 is 1.30 bits per heavy atom.